The maximum atomic E-state index is 11.9. The number of benzene rings is 1. The topological polar surface area (TPSA) is 103 Å². The zero-order valence-electron chi connectivity index (χ0n) is 27.0. The summed E-state index contributed by atoms with van der Waals surface area (Å²) >= 11 is 2.03. The van der Waals surface area contributed by atoms with Crippen LogP contribution in [0.5, 0.6) is 0 Å². The Bertz CT molecular complexity index is 807. The SMILES string of the molecule is CC.CC.CC(C)(C)OC(=O)CNC=O.CCc1ccc(NC(=O)N2CCNCC2)cc1.CN1CSC(C)(C)C1. The Hall–Kier alpha value is -2.30. The van der Waals surface area contributed by atoms with Crippen LogP contribution in [0.3, 0.4) is 0 Å². The van der Waals surface area contributed by atoms with Gasteiger partial charge in [0.1, 0.15) is 12.1 Å². The van der Waals surface area contributed by atoms with E-state index in [0.29, 0.717) is 11.2 Å². The van der Waals surface area contributed by atoms with Crippen LogP contribution in [0.1, 0.15) is 74.8 Å². The van der Waals surface area contributed by atoms with E-state index in [4.69, 9.17) is 4.74 Å². The van der Waals surface area contributed by atoms with Gasteiger partial charge in [-0.15, -0.1) is 11.8 Å². The number of urea groups is 1. The van der Waals surface area contributed by atoms with Gasteiger partial charge in [-0.1, -0.05) is 46.8 Å². The molecule has 2 aliphatic heterocycles. The molecule has 2 heterocycles. The zero-order chi connectivity index (χ0) is 31.2. The molecule has 9 nitrogen and oxygen atoms in total. The summed E-state index contributed by atoms with van der Waals surface area (Å²) in [5.74, 6) is 0.775. The third-order valence-corrected chi connectivity index (χ3v) is 6.57. The number of nitrogens with one attached hydrogen (secondary N) is 3. The molecule has 0 aliphatic carbocycles. The number of piperazine rings is 1. The summed E-state index contributed by atoms with van der Waals surface area (Å²) in [4.78, 5) is 36.6. The second-order valence-electron chi connectivity index (χ2n) is 10.4. The van der Waals surface area contributed by atoms with Crippen molar-refractivity contribution in [1.29, 1.82) is 0 Å². The van der Waals surface area contributed by atoms with E-state index in [1.165, 1.54) is 18.0 Å². The zero-order valence-corrected chi connectivity index (χ0v) is 27.8. The molecular weight excluding hydrogens is 526 g/mol. The first-order valence-corrected chi connectivity index (χ1v) is 15.4. The number of hydrogen-bond acceptors (Lipinski definition) is 7. The van der Waals surface area contributed by atoms with E-state index in [0.717, 1.165) is 38.3 Å². The normalized spacial score (nSPS) is 15.6. The van der Waals surface area contributed by atoms with E-state index >= 15 is 0 Å². The number of esters is 1. The fourth-order valence-electron chi connectivity index (χ4n) is 3.42. The fraction of sp³-hybridized carbons (Fsp3) is 0.700. The van der Waals surface area contributed by atoms with E-state index in [1.807, 2.05) is 68.6 Å². The van der Waals surface area contributed by atoms with Crippen LogP contribution in [0.2, 0.25) is 0 Å². The predicted molar refractivity (Wildman–Crippen MR) is 171 cm³/mol. The summed E-state index contributed by atoms with van der Waals surface area (Å²) in [6.45, 7) is 24.5. The van der Waals surface area contributed by atoms with Gasteiger partial charge in [-0.2, -0.15) is 0 Å². The molecule has 40 heavy (non-hydrogen) atoms. The number of aryl methyl sites for hydroxylation is 1. The van der Waals surface area contributed by atoms with Crippen molar-refractivity contribution in [2.24, 2.45) is 0 Å². The maximum absolute atomic E-state index is 11.9. The Morgan fingerprint density at radius 2 is 1.62 bits per heavy atom. The van der Waals surface area contributed by atoms with Crippen molar-refractivity contribution in [1.82, 2.24) is 20.4 Å². The minimum absolute atomic E-state index is 0.00394. The van der Waals surface area contributed by atoms with Gasteiger partial charge in [-0.05, 0) is 65.8 Å². The van der Waals surface area contributed by atoms with Crippen LogP contribution in [-0.4, -0.2) is 90.8 Å². The van der Waals surface area contributed by atoms with Crippen molar-refractivity contribution in [2.75, 3.05) is 57.5 Å². The minimum Gasteiger partial charge on any atom is -0.459 e. The van der Waals surface area contributed by atoms with Crippen LogP contribution in [0, 0.1) is 0 Å². The molecule has 2 saturated heterocycles. The first kappa shape index (κ1) is 39.8. The molecule has 3 amide bonds. The first-order valence-electron chi connectivity index (χ1n) is 14.4. The number of rotatable bonds is 5. The lowest BCUT2D eigenvalue weighted by Gasteiger charge is -2.27. The summed E-state index contributed by atoms with van der Waals surface area (Å²) in [5.41, 5.74) is 1.66. The van der Waals surface area contributed by atoms with Crippen LogP contribution < -0.4 is 16.0 Å². The Kier molecular flexibility index (Phi) is 22.3. The maximum Gasteiger partial charge on any atom is 0.325 e. The van der Waals surface area contributed by atoms with Gasteiger partial charge < -0.3 is 25.6 Å². The van der Waals surface area contributed by atoms with E-state index in [-0.39, 0.29) is 12.6 Å². The van der Waals surface area contributed by atoms with Crippen molar-refractivity contribution in [3.8, 4) is 0 Å². The lowest BCUT2D eigenvalue weighted by molar-refractivity contribution is -0.154. The third kappa shape index (κ3) is 20.6. The van der Waals surface area contributed by atoms with Gasteiger partial charge >= 0.3 is 12.0 Å². The average molecular weight is 584 g/mol. The van der Waals surface area contributed by atoms with E-state index < -0.39 is 11.6 Å². The van der Waals surface area contributed by atoms with Crippen molar-refractivity contribution < 1.29 is 19.1 Å². The number of amides is 3. The Morgan fingerprint density at radius 1 is 1.07 bits per heavy atom. The highest BCUT2D eigenvalue weighted by atomic mass is 32.2. The molecule has 0 bridgehead atoms. The molecule has 0 spiro atoms. The highest BCUT2D eigenvalue weighted by molar-refractivity contribution is 8.00. The van der Waals surface area contributed by atoms with Crippen LogP contribution >= 0.6 is 11.8 Å². The Labute approximate surface area is 248 Å². The number of ether oxygens (including phenoxy) is 1. The molecule has 3 N–H and O–H groups in total. The number of carbonyl (C=O) groups excluding carboxylic acids is 3. The van der Waals surface area contributed by atoms with Crippen LogP contribution in [0.25, 0.3) is 0 Å². The second-order valence-corrected chi connectivity index (χ2v) is 12.0. The summed E-state index contributed by atoms with van der Waals surface area (Å²) in [6.07, 6.45) is 1.48. The number of hydrogen-bond donors (Lipinski definition) is 3. The molecule has 0 saturated carbocycles. The van der Waals surface area contributed by atoms with E-state index in [9.17, 15) is 14.4 Å². The smallest absolute Gasteiger partial charge is 0.325 e. The predicted octanol–water partition coefficient (Wildman–Crippen LogP) is 5.21. The molecule has 10 heteroatoms. The molecule has 1 aromatic carbocycles. The molecule has 0 atom stereocenters. The Balaban J connectivity index is 0. The van der Waals surface area contributed by atoms with E-state index in [2.05, 4.69) is 48.7 Å². The van der Waals surface area contributed by atoms with Gasteiger partial charge in [-0.3, -0.25) is 14.5 Å². The number of nitrogens with zero attached hydrogens (tertiary/aromatic N) is 2. The third-order valence-electron chi connectivity index (χ3n) is 5.09. The molecule has 0 unspecified atom stereocenters. The molecule has 232 valence electrons. The van der Waals surface area contributed by atoms with Crippen molar-refractivity contribution in [2.45, 2.75) is 86.0 Å². The molecule has 1 aromatic rings. The van der Waals surface area contributed by atoms with Crippen LogP contribution in [0.4, 0.5) is 10.5 Å². The lowest BCUT2D eigenvalue weighted by Crippen LogP contribution is -2.48. The van der Waals surface area contributed by atoms with Crippen molar-refractivity contribution in [3.05, 3.63) is 29.8 Å². The number of anilines is 1. The number of carbonyl (C=O) groups is 3. The minimum atomic E-state index is -0.484. The number of thioether (sulfide) groups is 1. The highest BCUT2D eigenvalue weighted by Crippen LogP contribution is 2.31. The van der Waals surface area contributed by atoms with Crippen molar-refractivity contribution in [3.63, 3.8) is 0 Å². The quantitative estimate of drug-likeness (QED) is 0.323. The second kappa shape index (κ2) is 22.4. The highest BCUT2D eigenvalue weighted by Gasteiger charge is 2.27. The standard InChI is InChI=1S/C13H19N3O.C7H13NO3.C6H13NS.2C2H6/c1-2-11-3-5-12(6-4-11)15-13(17)16-9-7-14-8-10-16;1-7(2,3)11-6(10)4-8-5-9;1-6(2)4-7(3)5-8-6;2*1-2/h3-6,14H,2,7-10H2,1H3,(H,15,17);5H,4H2,1-3H3,(H,8,9);4-5H2,1-3H3;2*1-2H3. The summed E-state index contributed by atoms with van der Waals surface area (Å²) in [6, 6.07) is 8.01. The monoisotopic (exact) mass is 583 g/mol. The molecule has 0 aromatic heterocycles. The summed E-state index contributed by atoms with van der Waals surface area (Å²) < 4.78 is 5.39. The molecule has 2 fully saturated rings. The van der Waals surface area contributed by atoms with Gasteiger partial charge in [-0.25, -0.2) is 4.79 Å². The molecule has 3 rings (SSSR count). The van der Waals surface area contributed by atoms with Gasteiger partial charge in [0, 0.05) is 49.0 Å². The summed E-state index contributed by atoms with van der Waals surface area (Å²) in [5, 5.41) is 8.36. The Morgan fingerprint density at radius 3 is 2.00 bits per heavy atom. The van der Waals surface area contributed by atoms with Crippen LogP contribution in [0.15, 0.2) is 24.3 Å². The lowest BCUT2D eigenvalue weighted by atomic mass is 10.1. The average Bonchev–Trinajstić information content (AvgIpc) is 3.26. The fourth-order valence-corrected chi connectivity index (χ4v) is 4.40. The molecule has 2 aliphatic rings. The summed E-state index contributed by atoms with van der Waals surface area (Å²) in [7, 11) is 2.17. The van der Waals surface area contributed by atoms with Gasteiger partial charge in [0.15, 0.2) is 0 Å². The molecular formula is C30H57N5O4S. The van der Waals surface area contributed by atoms with Crippen LogP contribution in [-0.2, 0) is 20.7 Å². The van der Waals surface area contributed by atoms with Gasteiger partial charge in [0.2, 0.25) is 6.41 Å². The largest absolute Gasteiger partial charge is 0.459 e. The van der Waals surface area contributed by atoms with Gasteiger partial charge in [0.25, 0.3) is 0 Å². The van der Waals surface area contributed by atoms with Crippen molar-refractivity contribution >= 4 is 35.9 Å². The molecule has 0 radical (unpaired) electrons. The van der Waals surface area contributed by atoms with Gasteiger partial charge in [0.05, 0.1) is 0 Å². The van der Waals surface area contributed by atoms with E-state index in [1.54, 1.807) is 20.8 Å². The first-order chi connectivity index (χ1) is 18.8.